The van der Waals surface area contributed by atoms with E-state index in [9.17, 15) is 9.18 Å². The minimum atomic E-state index is -0.237. The molecule has 2 amide bonds. The summed E-state index contributed by atoms with van der Waals surface area (Å²) in [5.41, 5.74) is 1.02. The topological polar surface area (TPSA) is 35.6 Å². The molecule has 1 N–H and O–H groups in total. The molecule has 24 heavy (non-hydrogen) atoms. The minimum Gasteiger partial charge on any atom is -0.335 e. The molecule has 3 rings (SSSR count). The summed E-state index contributed by atoms with van der Waals surface area (Å²) in [6, 6.07) is 6.85. The Morgan fingerprint density at radius 2 is 1.92 bits per heavy atom. The Labute approximate surface area is 143 Å². The molecule has 2 aliphatic rings. The summed E-state index contributed by atoms with van der Waals surface area (Å²) in [6.45, 7) is 7.46. The van der Waals surface area contributed by atoms with Crippen LogP contribution in [0.15, 0.2) is 36.9 Å². The average Bonchev–Trinajstić information content (AvgIpc) is 3.07. The monoisotopic (exact) mass is 331 g/mol. The van der Waals surface area contributed by atoms with Gasteiger partial charge < -0.3 is 10.2 Å². The van der Waals surface area contributed by atoms with Crippen LogP contribution in [0.25, 0.3) is 0 Å². The van der Waals surface area contributed by atoms with E-state index in [1.165, 1.54) is 12.1 Å². The van der Waals surface area contributed by atoms with Crippen LogP contribution in [0.3, 0.4) is 0 Å². The zero-order valence-electron chi connectivity index (χ0n) is 14.1. The fourth-order valence-electron chi connectivity index (χ4n) is 3.74. The van der Waals surface area contributed by atoms with Crippen LogP contribution >= 0.6 is 0 Å². The number of rotatable bonds is 4. The number of nitrogens with zero attached hydrogens (tertiary/aromatic N) is 2. The molecule has 0 unspecified atom stereocenters. The summed E-state index contributed by atoms with van der Waals surface area (Å²) in [5.74, 6) is -0.237. The maximum atomic E-state index is 13.1. The van der Waals surface area contributed by atoms with Crippen LogP contribution < -0.4 is 5.32 Å². The number of hydrogen-bond donors (Lipinski definition) is 1. The fraction of sp³-hybridized carbons (Fsp3) is 0.526. The molecule has 0 spiro atoms. The third-order valence-electron chi connectivity index (χ3n) is 5.07. The molecule has 5 heteroatoms. The Balaban J connectivity index is 1.56. The van der Waals surface area contributed by atoms with E-state index in [0.29, 0.717) is 0 Å². The first-order valence-electron chi connectivity index (χ1n) is 8.83. The van der Waals surface area contributed by atoms with Crippen molar-refractivity contribution in [3.8, 4) is 0 Å². The van der Waals surface area contributed by atoms with Crippen LogP contribution in [0, 0.1) is 5.82 Å². The van der Waals surface area contributed by atoms with E-state index in [4.69, 9.17) is 0 Å². The molecule has 0 radical (unpaired) electrons. The second kappa shape index (κ2) is 7.79. The number of amides is 2. The predicted molar refractivity (Wildman–Crippen MR) is 93.3 cm³/mol. The van der Waals surface area contributed by atoms with Crippen molar-refractivity contribution >= 4 is 6.03 Å². The van der Waals surface area contributed by atoms with Crippen LogP contribution in [0.4, 0.5) is 9.18 Å². The van der Waals surface area contributed by atoms with Crippen LogP contribution in [0.1, 0.15) is 37.3 Å². The molecule has 130 valence electrons. The number of carbonyl (C=O) groups excluding carboxylic acids is 1. The largest absolute Gasteiger partial charge is 0.335 e. The molecule has 0 aromatic heterocycles. The highest BCUT2D eigenvalue weighted by Gasteiger charge is 2.31. The Kier molecular flexibility index (Phi) is 5.51. The van der Waals surface area contributed by atoms with E-state index in [2.05, 4.69) is 16.8 Å². The molecule has 2 heterocycles. The van der Waals surface area contributed by atoms with Gasteiger partial charge >= 0.3 is 6.03 Å². The van der Waals surface area contributed by atoms with Gasteiger partial charge in [0.1, 0.15) is 5.82 Å². The van der Waals surface area contributed by atoms with Crippen molar-refractivity contribution < 1.29 is 9.18 Å². The van der Waals surface area contributed by atoms with E-state index in [1.807, 2.05) is 11.0 Å². The van der Waals surface area contributed by atoms with Crippen molar-refractivity contribution in [3.63, 3.8) is 0 Å². The summed E-state index contributed by atoms with van der Waals surface area (Å²) in [5, 5.41) is 3.20. The molecule has 0 aliphatic carbocycles. The molecule has 0 bridgehead atoms. The van der Waals surface area contributed by atoms with Gasteiger partial charge in [-0.3, -0.25) is 4.90 Å². The molecule has 0 saturated carbocycles. The van der Waals surface area contributed by atoms with Gasteiger partial charge in [0, 0.05) is 32.2 Å². The first kappa shape index (κ1) is 17.0. The van der Waals surface area contributed by atoms with E-state index in [0.717, 1.165) is 57.4 Å². The van der Waals surface area contributed by atoms with Gasteiger partial charge in [-0.1, -0.05) is 18.2 Å². The number of nitrogens with one attached hydrogen (secondary N) is 1. The number of urea groups is 1. The highest BCUT2D eigenvalue weighted by atomic mass is 19.1. The third-order valence-corrected chi connectivity index (χ3v) is 5.07. The minimum absolute atomic E-state index is 0.0176. The van der Waals surface area contributed by atoms with Gasteiger partial charge in [-0.25, -0.2) is 9.18 Å². The van der Waals surface area contributed by atoms with Crippen LogP contribution in [0.5, 0.6) is 0 Å². The second-order valence-electron chi connectivity index (χ2n) is 6.72. The highest BCUT2D eigenvalue weighted by Crippen LogP contribution is 2.32. The maximum Gasteiger partial charge on any atom is 0.318 e. The van der Waals surface area contributed by atoms with Crippen molar-refractivity contribution in [2.24, 2.45) is 0 Å². The standard InChI is InChI=1S/C19H26FN3O/c1-2-11-22-13-9-17(10-14-22)21-19(24)23-12-3-4-18(23)15-5-7-16(20)8-6-15/h2,5-8,17-18H,1,3-4,9-14H2,(H,21,24)/t18-/m0/s1. The molecule has 4 nitrogen and oxygen atoms in total. The predicted octanol–water partition coefficient (Wildman–Crippen LogP) is 3.32. The van der Waals surface area contributed by atoms with Gasteiger partial charge in [-0.2, -0.15) is 0 Å². The summed E-state index contributed by atoms with van der Waals surface area (Å²) in [7, 11) is 0. The summed E-state index contributed by atoms with van der Waals surface area (Å²) in [6.07, 6.45) is 5.82. The van der Waals surface area contributed by atoms with Crippen LogP contribution in [0.2, 0.25) is 0 Å². The van der Waals surface area contributed by atoms with Crippen molar-refractivity contribution in [3.05, 3.63) is 48.3 Å². The van der Waals surface area contributed by atoms with Crippen molar-refractivity contribution in [2.45, 2.75) is 37.8 Å². The molecule has 1 aromatic rings. The van der Waals surface area contributed by atoms with E-state index in [1.54, 1.807) is 12.1 Å². The Hall–Kier alpha value is -1.88. The van der Waals surface area contributed by atoms with Crippen LogP contribution in [-0.2, 0) is 0 Å². The van der Waals surface area contributed by atoms with Crippen molar-refractivity contribution in [1.82, 2.24) is 15.1 Å². The fourth-order valence-corrected chi connectivity index (χ4v) is 3.74. The SMILES string of the molecule is C=CCN1CCC(NC(=O)N2CCC[C@H]2c2ccc(F)cc2)CC1. The van der Waals surface area contributed by atoms with E-state index >= 15 is 0 Å². The number of piperidine rings is 1. The lowest BCUT2D eigenvalue weighted by Crippen LogP contribution is -2.49. The lowest BCUT2D eigenvalue weighted by Gasteiger charge is -2.33. The molecule has 1 aromatic carbocycles. The van der Waals surface area contributed by atoms with Gasteiger partial charge in [-0.05, 0) is 43.4 Å². The number of likely N-dealkylation sites (tertiary alicyclic amines) is 2. The molecule has 2 saturated heterocycles. The number of hydrogen-bond acceptors (Lipinski definition) is 2. The van der Waals surface area contributed by atoms with Gasteiger partial charge in [0.25, 0.3) is 0 Å². The molecule has 1 atom stereocenters. The van der Waals surface area contributed by atoms with Crippen LogP contribution in [-0.4, -0.2) is 48.1 Å². The normalized spacial score (nSPS) is 22.5. The summed E-state index contributed by atoms with van der Waals surface area (Å²) in [4.78, 5) is 16.9. The van der Waals surface area contributed by atoms with E-state index < -0.39 is 0 Å². The van der Waals surface area contributed by atoms with Gasteiger partial charge in [0.05, 0.1) is 6.04 Å². The first-order chi connectivity index (χ1) is 11.7. The third kappa shape index (κ3) is 3.96. The lowest BCUT2D eigenvalue weighted by molar-refractivity contribution is 0.173. The van der Waals surface area contributed by atoms with Gasteiger partial charge in [-0.15, -0.1) is 6.58 Å². The zero-order valence-corrected chi connectivity index (χ0v) is 14.1. The molecule has 2 fully saturated rings. The first-order valence-corrected chi connectivity index (χ1v) is 8.83. The molecular formula is C19H26FN3O. The highest BCUT2D eigenvalue weighted by molar-refractivity contribution is 5.75. The van der Waals surface area contributed by atoms with Crippen molar-refractivity contribution in [1.29, 1.82) is 0 Å². The quantitative estimate of drug-likeness (QED) is 0.859. The second-order valence-corrected chi connectivity index (χ2v) is 6.72. The van der Waals surface area contributed by atoms with Crippen molar-refractivity contribution in [2.75, 3.05) is 26.2 Å². The number of benzene rings is 1. The summed E-state index contributed by atoms with van der Waals surface area (Å²) >= 11 is 0. The van der Waals surface area contributed by atoms with Gasteiger partial charge in [0.15, 0.2) is 0 Å². The Morgan fingerprint density at radius 1 is 1.21 bits per heavy atom. The smallest absolute Gasteiger partial charge is 0.318 e. The summed E-state index contributed by atoms with van der Waals surface area (Å²) < 4.78 is 13.1. The zero-order chi connectivity index (χ0) is 16.9. The molecular weight excluding hydrogens is 305 g/mol. The van der Waals surface area contributed by atoms with Gasteiger partial charge in [0.2, 0.25) is 0 Å². The lowest BCUT2D eigenvalue weighted by atomic mass is 10.0. The number of halogens is 1. The Morgan fingerprint density at radius 3 is 2.58 bits per heavy atom. The number of carbonyl (C=O) groups is 1. The maximum absolute atomic E-state index is 13.1. The average molecular weight is 331 g/mol. The van der Waals surface area contributed by atoms with E-state index in [-0.39, 0.29) is 23.9 Å². The Bertz CT molecular complexity index is 566. The molecule has 2 aliphatic heterocycles.